The van der Waals surface area contributed by atoms with Gasteiger partial charge >= 0.3 is 5.97 Å². The van der Waals surface area contributed by atoms with Crippen molar-refractivity contribution in [2.75, 3.05) is 0 Å². The molecule has 0 aromatic heterocycles. The largest absolute Gasteiger partial charge is 0.457 e. The van der Waals surface area contributed by atoms with Gasteiger partial charge in [-0.2, -0.15) is 0 Å². The summed E-state index contributed by atoms with van der Waals surface area (Å²) in [6.45, 7) is 7.98. The number of benzene rings is 2. The van der Waals surface area contributed by atoms with Gasteiger partial charge in [0.25, 0.3) is 0 Å². The van der Waals surface area contributed by atoms with Crippen LogP contribution >= 0.6 is 0 Å². The Kier molecular flexibility index (Phi) is 9.11. The zero-order chi connectivity index (χ0) is 22.9. The highest BCUT2D eigenvalue weighted by atomic mass is 16.5. The summed E-state index contributed by atoms with van der Waals surface area (Å²) >= 11 is 0. The predicted molar refractivity (Wildman–Crippen MR) is 131 cm³/mol. The molecule has 0 unspecified atom stereocenters. The van der Waals surface area contributed by atoms with Gasteiger partial charge in [-0.05, 0) is 78.3 Å². The van der Waals surface area contributed by atoms with Gasteiger partial charge in [-0.3, -0.25) is 0 Å². The van der Waals surface area contributed by atoms with Crippen molar-refractivity contribution in [1.82, 2.24) is 0 Å². The molecule has 0 amide bonds. The van der Waals surface area contributed by atoms with Crippen LogP contribution in [0.3, 0.4) is 0 Å². The van der Waals surface area contributed by atoms with Gasteiger partial charge in [0.15, 0.2) is 0 Å². The molecule has 1 saturated carbocycles. The molecule has 1 aliphatic carbocycles. The topological polar surface area (TPSA) is 46.5 Å². The normalized spacial score (nSPS) is 18.3. The number of unbranched alkanes of at least 4 members (excludes halogenated alkanes) is 2. The molecule has 2 aromatic carbocycles. The standard InChI is InChI=1S/C29H38O3/c1-4-5-6-7-22-8-14-25(15-9-22)28-17-16-26(24-12-10-23(19-30)11-13-24)18-27(28)20-32-29(31)21(2)3/h10-13,16-18,22,25,30H,2,4-9,14-15,19-20H2,1,3H3. The highest BCUT2D eigenvalue weighted by Crippen LogP contribution is 2.40. The first-order valence-corrected chi connectivity index (χ1v) is 12.2. The van der Waals surface area contributed by atoms with E-state index in [0.717, 1.165) is 28.2 Å². The number of rotatable bonds is 10. The second-order valence-electron chi connectivity index (χ2n) is 9.34. The Morgan fingerprint density at radius 3 is 2.34 bits per heavy atom. The molecule has 3 nitrogen and oxygen atoms in total. The van der Waals surface area contributed by atoms with Crippen LogP contribution in [0.5, 0.6) is 0 Å². The molecule has 1 N–H and O–H groups in total. The first kappa shape index (κ1) is 24.3. The van der Waals surface area contributed by atoms with Crippen LogP contribution in [0.25, 0.3) is 11.1 Å². The van der Waals surface area contributed by atoms with E-state index in [1.165, 1.54) is 56.9 Å². The summed E-state index contributed by atoms with van der Waals surface area (Å²) in [5.74, 6) is 1.06. The molecule has 3 heteroatoms. The van der Waals surface area contributed by atoms with Gasteiger partial charge in [0.2, 0.25) is 0 Å². The maximum absolute atomic E-state index is 12.1. The summed E-state index contributed by atoms with van der Waals surface area (Å²) in [4.78, 5) is 12.1. The lowest BCUT2D eigenvalue weighted by Crippen LogP contribution is -2.15. The minimum Gasteiger partial charge on any atom is -0.457 e. The van der Waals surface area contributed by atoms with E-state index < -0.39 is 0 Å². The third kappa shape index (κ3) is 6.56. The van der Waals surface area contributed by atoms with Gasteiger partial charge < -0.3 is 9.84 Å². The minimum absolute atomic E-state index is 0.0441. The molecule has 172 valence electrons. The minimum atomic E-state index is -0.340. The van der Waals surface area contributed by atoms with Crippen molar-refractivity contribution in [2.24, 2.45) is 5.92 Å². The zero-order valence-corrected chi connectivity index (χ0v) is 19.7. The lowest BCUT2D eigenvalue weighted by Gasteiger charge is -2.30. The first-order valence-electron chi connectivity index (χ1n) is 12.2. The van der Waals surface area contributed by atoms with Crippen LogP contribution in [0, 0.1) is 5.92 Å². The number of carbonyl (C=O) groups is 1. The average Bonchev–Trinajstić information content (AvgIpc) is 2.83. The molecule has 0 aliphatic heterocycles. The second kappa shape index (κ2) is 12.0. The fraction of sp³-hybridized carbons (Fsp3) is 0.483. The Hall–Kier alpha value is -2.39. The quantitative estimate of drug-likeness (QED) is 0.242. The van der Waals surface area contributed by atoms with Gasteiger partial charge in [-0.1, -0.05) is 75.6 Å². The van der Waals surface area contributed by atoms with E-state index in [1.807, 2.05) is 24.3 Å². The van der Waals surface area contributed by atoms with Gasteiger partial charge in [0, 0.05) is 5.57 Å². The van der Waals surface area contributed by atoms with E-state index in [4.69, 9.17) is 4.74 Å². The molecule has 1 fully saturated rings. The number of ether oxygens (including phenoxy) is 1. The van der Waals surface area contributed by atoms with Crippen molar-refractivity contribution in [3.8, 4) is 11.1 Å². The zero-order valence-electron chi connectivity index (χ0n) is 19.7. The van der Waals surface area contributed by atoms with Crippen LogP contribution in [0.15, 0.2) is 54.6 Å². The summed E-state index contributed by atoms with van der Waals surface area (Å²) < 4.78 is 5.56. The Morgan fingerprint density at radius 2 is 1.72 bits per heavy atom. The van der Waals surface area contributed by atoms with E-state index in [2.05, 4.69) is 31.7 Å². The number of aliphatic hydroxyl groups is 1. The maximum atomic E-state index is 12.1. The second-order valence-corrected chi connectivity index (χ2v) is 9.34. The molecule has 3 rings (SSSR count). The third-order valence-corrected chi connectivity index (χ3v) is 6.82. The fourth-order valence-corrected chi connectivity index (χ4v) is 4.82. The molecule has 0 heterocycles. The molecular formula is C29H38O3. The molecule has 1 aliphatic rings. The third-order valence-electron chi connectivity index (χ3n) is 6.82. The van der Waals surface area contributed by atoms with Crippen molar-refractivity contribution >= 4 is 5.97 Å². The number of aliphatic hydroxyl groups excluding tert-OH is 1. The van der Waals surface area contributed by atoms with E-state index >= 15 is 0 Å². The Bertz CT molecular complexity index is 889. The highest BCUT2D eigenvalue weighted by Gasteiger charge is 2.24. The van der Waals surface area contributed by atoms with Crippen molar-refractivity contribution in [3.63, 3.8) is 0 Å². The summed E-state index contributed by atoms with van der Waals surface area (Å²) in [6.07, 6.45) is 10.4. The molecule has 0 bridgehead atoms. The first-order chi connectivity index (χ1) is 15.5. The number of carbonyl (C=O) groups excluding carboxylic acids is 1. The van der Waals surface area contributed by atoms with Crippen molar-refractivity contribution in [2.45, 2.75) is 84.3 Å². The van der Waals surface area contributed by atoms with Gasteiger partial charge in [-0.15, -0.1) is 0 Å². The Labute approximate surface area is 193 Å². The lowest BCUT2D eigenvalue weighted by atomic mass is 9.75. The highest BCUT2D eigenvalue weighted by molar-refractivity contribution is 5.86. The molecule has 0 saturated heterocycles. The number of hydrogen-bond acceptors (Lipinski definition) is 3. The predicted octanol–water partition coefficient (Wildman–Crippen LogP) is 7.32. The molecule has 0 atom stereocenters. The van der Waals surface area contributed by atoms with E-state index in [1.54, 1.807) is 6.92 Å². The van der Waals surface area contributed by atoms with Gasteiger partial charge in [0.05, 0.1) is 6.61 Å². The van der Waals surface area contributed by atoms with Crippen molar-refractivity contribution in [1.29, 1.82) is 0 Å². The van der Waals surface area contributed by atoms with Crippen LogP contribution in [0.1, 0.15) is 87.8 Å². The molecule has 32 heavy (non-hydrogen) atoms. The smallest absolute Gasteiger partial charge is 0.333 e. The van der Waals surface area contributed by atoms with Crippen molar-refractivity contribution in [3.05, 3.63) is 71.3 Å². The number of hydrogen-bond donors (Lipinski definition) is 1. The monoisotopic (exact) mass is 434 g/mol. The summed E-state index contributed by atoms with van der Waals surface area (Å²) in [6, 6.07) is 14.6. The van der Waals surface area contributed by atoms with Crippen LogP contribution in [-0.4, -0.2) is 11.1 Å². The Morgan fingerprint density at radius 1 is 1.03 bits per heavy atom. The van der Waals surface area contributed by atoms with Gasteiger partial charge in [0.1, 0.15) is 6.61 Å². The van der Waals surface area contributed by atoms with Crippen LogP contribution in [0.4, 0.5) is 0 Å². The number of esters is 1. The van der Waals surface area contributed by atoms with E-state index in [9.17, 15) is 9.90 Å². The average molecular weight is 435 g/mol. The summed E-state index contributed by atoms with van der Waals surface area (Å²) in [7, 11) is 0. The van der Waals surface area contributed by atoms with Crippen LogP contribution < -0.4 is 0 Å². The van der Waals surface area contributed by atoms with Crippen LogP contribution in [0.2, 0.25) is 0 Å². The summed E-state index contributed by atoms with van der Waals surface area (Å²) in [5.41, 5.74) is 5.94. The maximum Gasteiger partial charge on any atom is 0.333 e. The van der Waals surface area contributed by atoms with Gasteiger partial charge in [-0.25, -0.2) is 4.79 Å². The molecular weight excluding hydrogens is 396 g/mol. The van der Waals surface area contributed by atoms with E-state index in [-0.39, 0.29) is 19.2 Å². The molecule has 0 spiro atoms. The van der Waals surface area contributed by atoms with Crippen molar-refractivity contribution < 1.29 is 14.6 Å². The molecule has 0 radical (unpaired) electrons. The summed E-state index contributed by atoms with van der Waals surface area (Å²) in [5, 5.41) is 9.31. The Balaban J connectivity index is 1.78. The lowest BCUT2D eigenvalue weighted by molar-refractivity contribution is -0.140. The SMILES string of the molecule is C=C(C)C(=O)OCc1cc(-c2ccc(CO)cc2)ccc1C1CCC(CCCCC)CC1. The van der Waals surface area contributed by atoms with E-state index in [0.29, 0.717) is 11.5 Å². The molecule has 2 aromatic rings. The van der Waals surface area contributed by atoms with Crippen LogP contribution in [-0.2, 0) is 22.7 Å². The fourth-order valence-electron chi connectivity index (χ4n) is 4.82.